The molecule has 3 unspecified atom stereocenters. The van der Waals surface area contributed by atoms with Crippen molar-refractivity contribution in [3.8, 4) is 0 Å². The zero-order valence-electron chi connectivity index (χ0n) is 14.1. The number of rotatable bonds is 2. The van der Waals surface area contributed by atoms with E-state index in [-0.39, 0.29) is 0 Å². The first-order chi connectivity index (χ1) is 10.0. The van der Waals surface area contributed by atoms with Gasteiger partial charge in [-0.15, -0.1) is 0 Å². The Morgan fingerprint density at radius 3 is 2.81 bits per heavy atom. The van der Waals surface area contributed by atoms with Crippen molar-refractivity contribution >= 4 is 0 Å². The van der Waals surface area contributed by atoms with Crippen molar-refractivity contribution < 1.29 is 4.74 Å². The second kappa shape index (κ2) is 6.53. The van der Waals surface area contributed by atoms with Crippen molar-refractivity contribution in [3.05, 3.63) is 0 Å². The van der Waals surface area contributed by atoms with Crippen LogP contribution in [0.2, 0.25) is 0 Å². The molecule has 4 nitrogen and oxygen atoms in total. The van der Waals surface area contributed by atoms with E-state index in [0.29, 0.717) is 17.6 Å². The SMILES string of the molecule is CC(C)(C)C1CN(CC2CN3CCCC3CO2)CCCN1. The van der Waals surface area contributed by atoms with Gasteiger partial charge in [-0.2, -0.15) is 0 Å². The van der Waals surface area contributed by atoms with Crippen LogP contribution in [0.15, 0.2) is 0 Å². The molecule has 0 amide bonds. The molecule has 4 heteroatoms. The van der Waals surface area contributed by atoms with Gasteiger partial charge in [0, 0.05) is 31.7 Å². The van der Waals surface area contributed by atoms with Crippen LogP contribution in [0.25, 0.3) is 0 Å². The summed E-state index contributed by atoms with van der Waals surface area (Å²) in [5.74, 6) is 0. The highest BCUT2D eigenvalue weighted by Gasteiger charge is 2.34. The van der Waals surface area contributed by atoms with Crippen LogP contribution < -0.4 is 5.32 Å². The number of ether oxygens (including phenoxy) is 1. The number of hydrogen-bond donors (Lipinski definition) is 1. The van der Waals surface area contributed by atoms with Crippen LogP contribution in [0, 0.1) is 5.41 Å². The molecular formula is C17H33N3O. The molecule has 0 aromatic carbocycles. The molecule has 0 aromatic rings. The fourth-order valence-electron chi connectivity index (χ4n) is 4.02. The Hall–Kier alpha value is -0.160. The summed E-state index contributed by atoms with van der Waals surface area (Å²) in [6.45, 7) is 15.1. The molecular weight excluding hydrogens is 262 g/mol. The minimum atomic E-state index is 0.329. The van der Waals surface area contributed by atoms with Crippen molar-refractivity contribution in [1.29, 1.82) is 0 Å². The zero-order valence-corrected chi connectivity index (χ0v) is 14.1. The maximum atomic E-state index is 6.15. The van der Waals surface area contributed by atoms with Gasteiger partial charge in [0.15, 0.2) is 0 Å². The predicted molar refractivity (Wildman–Crippen MR) is 86.6 cm³/mol. The summed E-state index contributed by atoms with van der Waals surface area (Å²) in [6.07, 6.45) is 4.37. The zero-order chi connectivity index (χ0) is 14.9. The highest BCUT2D eigenvalue weighted by molar-refractivity contribution is 4.89. The van der Waals surface area contributed by atoms with Crippen molar-refractivity contribution in [2.45, 2.75) is 58.2 Å². The molecule has 3 aliphatic heterocycles. The topological polar surface area (TPSA) is 27.7 Å². The van der Waals surface area contributed by atoms with E-state index in [1.807, 2.05) is 0 Å². The van der Waals surface area contributed by atoms with Crippen LogP contribution in [0.1, 0.15) is 40.0 Å². The molecule has 3 fully saturated rings. The molecule has 0 spiro atoms. The van der Waals surface area contributed by atoms with E-state index in [0.717, 1.165) is 38.8 Å². The number of fused-ring (bicyclic) bond motifs is 1. The van der Waals surface area contributed by atoms with E-state index < -0.39 is 0 Å². The second-order valence-corrected chi connectivity index (χ2v) is 8.23. The Kier molecular flexibility index (Phi) is 4.89. The van der Waals surface area contributed by atoms with Crippen molar-refractivity contribution in [2.75, 3.05) is 45.9 Å². The molecule has 1 N–H and O–H groups in total. The van der Waals surface area contributed by atoms with E-state index in [1.54, 1.807) is 0 Å². The lowest BCUT2D eigenvalue weighted by Crippen LogP contribution is -2.52. The molecule has 3 aliphatic rings. The van der Waals surface area contributed by atoms with E-state index >= 15 is 0 Å². The summed E-state index contributed by atoms with van der Waals surface area (Å²) in [6, 6.07) is 1.30. The van der Waals surface area contributed by atoms with Gasteiger partial charge in [0.1, 0.15) is 0 Å². The fraction of sp³-hybridized carbons (Fsp3) is 1.00. The first-order valence-corrected chi connectivity index (χ1v) is 8.84. The second-order valence-electron chi connectivity index (χ2n) is 8.23. The number of nitrogens with zero attached hydrogens (tertiary/aromatic N) is 2. The number of nitrogens with one attached hydrogen (secondary N) is 1. The lowest BCUT2D eigenvalue weighted by molar-refractivity contribution is -0.0619. The Balaban J connectivity index is 1.53. The first-order valence-electron chi connectivity index (χ1n) is 8.84. The summed E-state index contributed by atoms with van der Waals surface area (Å²) in [7, 11) is 0. The van der Waals surface area contributed by atoms with E-state index in [9.17, 15) is 0 Å². The van der Waals surface area contributed by atoms with Gasteiger partial charge < -0.3 is 10.1 Å². The highest BCUT2D eigenvalue weighted by atomic mass is 16.5. The maximum absolute atomic E-state index is 6.15. The Labute approximate surface area is 130 Å². The molecule has 3 rings (SSSR count). The first kappa shape index (κ1) is 15.7. The van der Waals surface area contributed by atoms with Gasteiger partial charge in [-0.3, -0.25) is 9.80 Å². The van der Waals surface area contributed by atoms with E-state index in [2.05, 4.69) is 35.9 Å². The molecule has 3 heterocycles. The average Bonchev–Trinajstić information content (AvgIpc) is 2.75. The molecule has 122 valence electrons. The summed E-state index contributed by atoms with van der Waals surface area (Å²) in [5, 5.41) is 3.73. The third kappa shape index (κ3) is 3.98. The summed E-state index contributed by atoms with van der Waals surface area (Å²) >= 11 is 0. The van der Waals surface area contributed by atoms with Crippen LogP contribution in [-0.4, -0.2) is 73.9 Å². The number of hydrogen-bond acceptors (Lipinski definition) is 4. The third-order valence-corrected chi connectivity index (χ3v) is 5.45. The van der Waals surface area contributed by atoms with Gasteiger partial charge in [-0.05, 0) is 44.3 Å². The molecule has 3 saturated heterocycles. The molecule has 0 radical (unpaired) electrons. The van der Waals surface area contributed by atoms with Gasteiger partial charge in [0.05, 0.1) is 12.7 Å². The van der Waals surface area contributed by atoms with Crippen LogP contribution in [0.4, 0.5) is 0 Å². The van der Waals surface area contributed by atoms with Crippen LogP contribution in [-0.2, 0) is 4.74 Å². The van der Waals surface area contributed by atoms with E-state index in [1.165, 1.54) is 32.4 Å². The van der Waals surface area contributed by atoms with Crippen molar-refractivity contribution in [1.82, 2.24) is 15.1 Å². The third-order valence-electron chi connectivity index (χ3n) is 5.45. The lowest BCUT2D eigenvalue weighted by Gasteiger charge is -2.39. The van der Waals surface area contributed by atoms with Crippen LogP contribution >= 0.6 is 0 Å². The smallest absolute Gasteiger partial charge is 0.0829 e. The fourth-order valence-corrected chi connectivity index (χ4v) is 4.02. The molecule has 3 atom stereocenters. The molecule has 0 saturated carbocycles. The Morgan fingerprint density at radius 2 is 2.00 bits per heavy atom. The van der Waals surface area contributed by atoms with Gasteiger partial charge in [-0.1, -0.05) is 20.8 Å². The Morgan fingerprint density at radius 1 is 1.14 bits per heavy atom. The minimum Gasteiger partial charge on any atom is -0.374 e. The molecule has 0 aliphatic carbocycles. The largest absolute Gasteiger partial charge is 0.374 e. The summed E-state index contributed by atoms with van der Waals surface area (Å²) in [5.41, 5.74) is 0.329. The average molecular weight is 295 g/mol. The van der Waals surface area contributed by atoms with Crippen molar-refractivity contribution in [2.24, 2.45) is 5.41 Å². The quantitative estimate of drug-likeness (QED) is 0.837. The van der Waals surface area contributed by atoms with Crippen molar-refractivity contribution in [3.63, 3.8) is 0 Å². The summed E-state index contributed by atoms with van der Waals surface area (Å²) in [4.78, 5) is 5.29. The highest BCUT2D eigenvalue weighted by Crippen LogP contribution is 2.25. The van der Waals surface area contributed by atoms with Crippen LogP contribution in [0.3, 0.4) is 0 Å². The normalized spacial score (nSPS) is 36.4. The molecule has 0 bridgehead atoms. The van der Waals surface area contributed by atoms with Crippen LogP contribution in [0.5, 0.6) is 0 Å². The lowest BCUT2D eigenvalue weighted by atomic mass is 9.86. The molecule has 21 heavy (non-hydrogen) atoms. The monoisotopic (exact) mass is 295 g/mol. The van der Waals surface area contributed by atoms with Gasteiger partial charge in [0.2, 0.25) is 0 Å². The van der Waals surface area contributed by atoms with Gasteiger partial charge in [-0.25, -0.2) is 0 Å². The Bertz CT molecular complexity index is 341. The van der Waals surface area contributed by atoms with Gasteiger partial charge >= 0.3 is 0 Å². The molecule has 0 aromatic heterocycles. The standard InChI is InChI=1S/C17H33N3O/c1-17(2,3)16-12-19(8-5-7-18-16)10-15-11-20-9-4-6-14(20)13-21-15/h14-16,18H,4-13H2,1-3H3. The van der Waals surface area contributed by atoms with Gasteiger partial charge in [0.25, 0.3) is 0 Å². The summed E-state index contributed by atoms with van der Waals surface area (Å²) < 4.78 is 6.15. The number of morpholine rings is 1. The minimum absolute atomic E-state index is 0.329. The van der Waals surface area contributed by atoms with E-state index in [4.69, 9.17) is 4.74 Å². The maximum Gasteiger partial charge on any atom is 0.0829 e. The predicted octanol–water partition coefficient (Wildman–Crippen LogP) is 1.56.